The number of rotatable bonds is 5. The molecule has 0 amide bonds. The van der Waals surface area contributed by atoms with Crippen LogP contribution in [0, 0.1) is 0 Å². The van der Waals surface area contributed by atoms with Crippen molar-refractivity contribution in [2.75, 3.05) is 6.54 Å². The van der Waals surface area contributed by atoms with E-state index < -0.39 is 0 Å². The second-order valence-corrected chi connectivity index (χ2v) is 5.67. The molecule has 0 aliphatic rings. The maximum absolute atomic E-state index is 6.34. The number of hydrogen-bond acceptors (Lipinski definition) is 2. The van der Waals surface area contributed by atoms with E-state index in [1.54, 1.807) is 0 Å². The van der Waals surface area contributed by atoms with E-state index in [0.29, 0.717) is 12.1 Å². The first kappa shape index (κ1) is 14.4. The van der Waals surface area contributed by atoms with E-state index in [0.717, 1.165) is 34.8 Å². The van der Waals surface area contributed by atoms with E-state index in [1.165, 1.54) is 0 Å². The van der Waals surface area contributed by atoms with Crippen LogP contribution in [0.15, 0.2) is 18.2 Å². The first-order valence-electron chi connectivity index (χ1n) is 6.93. The molecule has 0 saturated heterocycles. The highest BCUT2D eigenvalue weighted by molar-refractivity contribution is 6.35. The number of likely N-dealkylation sites (N-methyl/N-ethyl adjacent to an activating group) is 1. The van der Waals surface area contributed by atoms with Gasteiger partial charge in [0.2, 0.25) is 0 Å². The van der Waals surface area contributed by atoms with Crippen LogP contribution in [0.25, 0.3) is 11.0 Å². The number of benzene rings is 1. The van der Waals surface area contributed by atoms with Crippen molar-refractivity contribution in [1.29, 1.82) is 0 Å². The molecule has 3 nitrogen and oxygen atoms in total. The average Bonchev–Trinajstić information content (AvgIpc) is 2.68. The van der Waals surface area contributed by atoms with Crippen molar-refractivity contribution < 1.29 is 0 Å². The van der Waals surface area contributed by atoms with Crippen LogP contribution < -0.4 is 5.32 Å². The van der Waals surface area contributed by atoms with Gasteiger partial charge in [-0.25, -0.2) is 4.98 Å². The van der Waals surface area contributed by atoms with E-state index >= 15 is 0 Å². The fourth-order valence-electron chi connectivity index (χ4n) is 2.55. The van der Waals surface area contributed by atoms with Gasteiger partial charge < -0.3 is 9.88 Å². The SMILES string of the molecule is CCNC(C)Cc1nc2cccc(Cl)c2n1C(C)C. The molecule has 2 rings (SSSR count). The molecule has 0 aliphatic heterocycles. The third-order valence-electron chi connectivity index (χ3n) is 3.29. The molecule has 19 heavy (non-hydrogen) atoms. The number of halogens is 1. The smallest absolute Gasteiger partial charge is 0.111 e. The van der Waals surface area contributed by atoms with Crippen LogP contribution in [-0.2, 0) is 6.42 Å². The summed E-state index contributed by atoms with van der Waals surface area (Å²) in [6.07, 6.45) is 0.914. The fourth-order valence-corrected chi connectivity index (χ4v) is 2.81. The van der Waals surface area contributed by atoms with Crippen LogP contribution >= 0.6 is 11.6 Å². The molecular formula is C15H22ClN3. The minimum absolute atomic E-state index is 0.355. The molecule has 4 heteroatoms. The number of imidazole rings is 1. The lowest BCUT2D eigenvalue weighted by atomic mass is 10.2. The Hall–Kier alpha value is -1.06. The van der Waals surface area contributed by atoms with Crippen LogP contribution in [0.4, 0.5) is 0 Å². The van der Waals surface area contributed by atoms with Gasteiger partial charge in [-0.2, -0.15) is 0 Å². The second kappa shape index (κ2) is 5.93. The Morgan fingerprint density at radius 3 is 2.68 bits per heavy atom. The lowest BCUT2D eigenvalue weighted by Gasteiger charge is -2.17. The third-order valence-corrected chi connectivity index (χ3v) is 3.60. The number of para-hydroxylation sites is 1. The molecule has 0 fully saturated rings. The summed E-state index contributed by atoms with van der Waals surface area (Å²) in [5.74, 6) is 1.10. The van der Waals surface area contributed by atoms with Crippen molar-refractivity contribution in [3.05, 3.63) is 29.0 Å². The molecule has 1 aromatic heterocycles. The van der Waals surface area contributed by atoms with Crippen LogP contribution in [0.5, 0.6) is 0 Å². The molecule has 1 atom stereocenters. The highest BCUT2D eigenvalue weighted by Crippen LogP contribution is 2.28. The first-order valence-corrected chi connectivity index (χ1v) is 7.31. The maximum atomic E-state index is 6.34. The second-order valence-electron chi connectivity index (χ2n) is 5.26. The van der Waals surface area contributed by atoms with Gasteiger partial charge in [-0.1, -0.05) is 24.6 Å². The van der Waals surface area contributed by atoms with Crippen LogP contribution in [0.1, 0.15) is 39.6 Å². The normalized spacial score (nSPS) is 13.4. The summed E-state index contributed by atoms with van der Waals surface area (Å²) in [6.45, 7) is 9.63. The van der Waals surface area contributed by atoms with Gasteiger partial charge in [0.1, 0.15) is 5.82 Å². The standard InChI is InChI=1S/C15H22ClN3/c1-5-17-11(4)9-14-18-13-8-6-7-12(16)15(13)19(14)10(2)3/h6-8,10-11,17H,5,9H2,1-4H3. The Morgan fingerprint density at radius 2 is 2.05 bits per heavy atom. The minimum atomic E-state index is 0.355. The summed E-state index contributed by atoms with van der Waals surface area (Å²) in [5.41, 5.74) is 2.04. The molecule has 1 unspecified atom stereocenters. The van der Waals surface area contributed by atoms with E-state index in [4.69, 9.17) is 16.6 Å². The molecule has 1 heterocycles. The lowest BCUT2D eigenvalue weighted by Crippen LogP contribution is -2.29. The van der Waals surface area contributed by atoms with Gasteiger partial charge in [-0.05, 0) is 39.4 Å². The van der Waals surface area contributed by atoms with Crippen LogP contribution in [-0.4, -0.2) is 22.1 Å². The summed E-state index contributed by atoms with van der Waals surface area (Å²) < 4.78 is 2.26. The van der Waals surface area contributed by atoms with Crippen molar-refractivity contribution in [1.82, 2.24) is 14.9 Å². The summed E-state index contributed by atoms with van der Waals surface area (Å²) in [6, 6.07) is 6.69. The average molecular weight is 280 g/mol. The van der Waals surface area contributed by atoms with Crippen molar-refractivity contribution >= 4 is 22.6 Å². The predicted octanol–water partition coefficient (Wildman–Crippen LogP) is 3.81. The third kappa shape index (κ3) is 2.93. The first-order chi connectivity index (χ1) is 9.04. The molecule has 2 aromatic rings. The van der Waals surface area contributed by atoms with Gasteiger partial charge in [0, 0.05) is 18.5 Å². The molecule has 0 radical (unpaired) electrons. The number of aromatic nitrogens is 2. The van der Waals surface area contributed by atoms with Crippen LogP contribution in [0.3, 0.4) is 0 Å². The molecule has 104 valence electrons. The molecule has 0 spiro atoms. The fraction of sp³-hybridized carbons (Fsp3) is 0.533. The zero-order valence-corrected chi connectivity index (χ0v) is 12.8. The van der Waals surface area contributed by atoms with Gasteiger partial charge in [0.05, 0.1) is 16.1 Å². The largest absolute Gasteiger partial charge is 0.324 e. The van der Waals surface area contributed by atoms with Gasteiger partial charge in [-0.3, -0.25) is 0 Å². The highest BCUT2D eigenvalue weighted by Gasteiger charge is 2.17. The number of nitrogens with zero attached hydrogens (tertiary/aromatic N) is 2. The summed E-state index contributed by atoms with van der Waals surface area (Å²) in [7, 11) is 0. The van der Waals surface area contributed by atoms with Crippen molar-refractivity contribution in [2.24, 2.45) is 0 Å². The molecule has 0 bridgehead atoms. The lowest BCUT2D eigenvalue weighted by molar-refractivity contribution is 0.515. The van der Waals surface area contributed by atoms with E-state index in [-0.39, 0.29) is 0 Å². The minimum Gasteiger partial charge on any atom is -0.324 e. The summed E-state index contributed by atoms with van der Waals surface area (Å²) in [5, 5.41) is 4.21. The maximum Gasteiger partial charge on any atom is 0.111 e. The zero-order valence-electron chi connectivity index (χ0n) is 12.1. The van der Waals surface area contributed by atoms with Crippen molar-refractivity contribution in [3.8, 4) is 0 Å². The Bertz CT molecular complexity index is 560. The predicted molar refractivity (Wildman–Crippen MR) is 82.0 cm³/mol. The molecule has 1 aromatic carbocycles. The van der Waals surface area contributed by atoms with Crippen molar-refractivity contribution in [2.45, 2.75) is 46.2 Å². The number of fused-ring (bicyclic) bond motifs is 1. The number of nitrogens with one attached hydrogen (secondary N) is 1. The molecule has 1 N–H and O–H groups in total. The van der Waals surface area contributed by atoms with E-state index in [9.17, 15) is 0 Å². The molecular weight excluding hydrogens is 258 g/mol. The Kier molecular flexibility index (Phi) is 4.48. The monoisotopic (exact) mass is 279 g/mol. The van der Waals surface area contributed by atoms with E-state index in [2.05, 4.69) is 37.6 Å². The molecule has 0 aliphatic carbocycles. The summed E-state index contributed by atoms with van der Waals surface area (Å²) >= 11 is 6.34. The van der Waals surface area contributed by atoms with Gasteiger partial charge in [-0.15, -0.1) is 0 Å². The quantitative estimate of drug-likeness (QED) is 0.902. The topological polar surface area (TPSA) is 29.9 Å². The Balaban J connectivity index is 2.48. The van der Waals surface area contributed by atoms with Gasteiger partial charge >= 0.3 is 0 Å². The van der Waals surface area contributed by atoms with Crippen molar-refractivity contribution in [3.63, 3.8) is 0 Å². The number of hydrogen-bond donors (Lipinski definition) is 1. The van der Waals surface area contributed by atoms with E-state index in [1.807, 2.05) is 18.2 Å². The van der Waals surface area contributed by atoms with Gasteiger partial charge in [0.15, 0.2) is 0 Å². The Labute approximate surface area is 120 Å². The molecule has 0 saturated carbocycles. The highest BCUT2D eigenvalue weighted by atomic mass is 35.5. The Morgan fingerprint density at radius 1 is 1.32 bits per heavy atom. The van der Waals surface area contributed by atoms with Gasteiger partial charge in [0.25, 0.3) is 0 Å². The van der Waals surface area contributed by atoms with Crippen LogP contribution in [0.2, 0.25) is 5.02 Å². The zero-order chi connectivity index (χ0) is 14.0. The summed E-state index contributed by atoms with van der Waals surface area (Å²) in [4.78, 5) is 4.76.